The molecular weight excluding hydrogens is 412 g/mol. The van der Waals surface area contributed by atoms with Crippen LogP contribution in [0.15, 0.2) is 29.1 Å². The van der Waals surface area contributed by atoms with Crippen LogP contribution < -0.4 is 5.56 Å². The maximum atomic E-state index is 13.2. The third-order valence-corrected chi connectivity index (χ3v) is 6.95. The van der Waals surface area contributed by atoms with Crippen LogP contribution in [0.2, 0.25) is 0 Å². The Hall–Kier alpha value is -2.54. The summed E-state index contributed by atoms with van der Waals surface area (Å²) in [6.45, 7) is 11.3. The van der Waals surface area contributed by atoms with Crippen molar-refractivity contribution >= 4 is 10.9 Å². The summed E-state index contributed by atoms with van der Waals surface area (Å²) in [6, 6.07) is 8.74. The maximum absolute atomic E-state index is 13.2. The Morgan fingerprint density at radius 2 is 1.97 bits per heavy atom. The van der Waals surface area contributed by atoms with Crippen molar-refractivity contribution in [3.05, 3.63) is 51.6 Å². The van der Waals surface area contributed by atoms with E-state index in [0.717, 1.165) is 53.5 Å². The van der Waals surface area contributed by atoms with E-state index in [1.807, 2.05) is 17.7 Å². The number of rotatable bonds is 7. The Kier molecular flexibility index (Phi) is 6.98. The molecule has 1 atom stereocenters. The molecule has 0 spiro atoms. The van der Waals surface area contributed by atoms with Crippen LogP contribution in [-0.4, -0.2) is 36.1 Å². The molecule has 3 aromatic rings. The molecule has 1 aromatic carbocycles. The SMILES string of the molecule is CCC[C@@H](c1nnnn1C(C)(C)C)N(Cc1cc2cccc(C)c2[nH]c1=O)C1CCCCC1. The average molecular weight is 451 g/mol. The summed E-state index contributed by atoms with van der Waals surface area (Å²) in [6.07, 6.45) is 8.05. The zero-order valence-corrected chi connectivity index (χ0v) is 20.8. The first-order valence-electron chi connectivity index (χ1n) is 12.5. The number of para-hydroxylation sites is 1. The molecule has 0 bridgehead atoms. The van der Waals surface area contributed by atoms with Crippen molar-refractivity contribution in [2.24, 2.45) is 0 Å². The van der Waals surface area contributed by atoms with Crippen LogP contribution in [0, 0.1) is 6.92 Å². The minimum Gasteiger partial charge on any atom is -0.321 e. The third kappa shape index (κ3) is 5.03. The number of H-pyrrole nitrogens is 1. The van der Waals surface area contributed by atoms with Crippen molar-refractivity contribution in [3.63, 3.8) is 0 Å². The molecule has 7 heteroatoms. The lowest BCUT2D eigenvalue weighted by molar-refractivity contribution is 0.0779. The van der Waals surface area contributed by atoms with E-state index in [-0.39, 0.29) is 17.1 Å². The molecule has 0 aliphatic heterocycles. The van der Waals surface area contributed by atoms with Gasteiger partial charge in [-0.2, -0.15) is 0 Å². The van der Waals surface area contributed by atoms with Gasteiger partial charge in [-0.05, 0) is 74.4 Å². The van der Waals surface area contributed by atoms with E-state index in [0.29, 0.717) is 12.6 Å². The first-order chi connectivity index (χ1) is 15.8. The fourth-order valence-electron chi connectivity index (χ4n) is 5.25. The molecule has 2 heterocycles. The molecule has 33 heavy (non-hydrogen) atoms. The number of nitrogens with zero attached hydrogens (tertiary/aromatic N) is 5. The molecule has 7 nitrogen and oxygen atoms in total. The van der Waals surface area contributed by atoms with Gasteiger partial charge in [0.15, 0.2) is 5.82 Å². The minimum absolute atomic E-state index is 0.00303. The van der Waals surface area contributed by atoms with Crippen LogP contribution in [0.25, 0.3) is 10.9 Å². The van der Waals surface area contributed by atoms with E-state index >= 15 is 0 Å². The summed E-state index contributed by atoms with van der Waals surface area (Å²) >= 11 is 0. The zero-order valence-electron chi connectivity index (χ0n) is 20.8. The molecule has 1 N–H and O–H groups in total. The fraction of sp³-hybridized carbons (Fsp3) is 0.615. The Morgan fingerprint density at radius 3 is 2.67 bits per heavy atom. The topological polar surface area (TPSA) is 79.7 Å². The number of fused-ring (bicyclic) bond motifs is 1. The Bertz CT molecular complexity index is 1140. The van der Waals surface area contributed by atoms with Gasteiger partial charge in [0.1, 0.15) is 0 Å². The molecule has 1 saturated carbocycles. The predicted octanol–water partition coefficient (Wildman–Crippen LogP) is 5.25. The van der Waals surface area contributed by atoms with Crippen molar-refractivity contribution in [3.8, 4) is 0 Å². The van der Waals surface area contributed by atoms with Gasteiger partial charge in [-0.1, -0.05) is 50.8 Å². The van der Waals surface area contributed by atoms with Gasteiger partial charge in [0.25, 0.3) is 5.56 Å². The number of hydrogen-bond acceptors (Lipinski definition) is 5. The number of tetrazole rings is 1. The second kappa shape index (κ2) is 9.75. The van der Waals surface area contributed by atoms with Gasteiger partial charge in [0.2, 0.25) is 0 Å². The smallest absolute Gasteiger partial charge is 0.252 e. The molecule has 178 valence electrons. The largest absolute Gasteiger partial charge is 0.321 e. The summed E-state index contributed by atoms with van der Waals surface area (Å²) in [5.41, 5.74) is 2.63. The lowest BCUT2D eigenvalue weighted by Gasteiger charge is -2.40. The van der Waals surface area contributed by atoms with E-state index in [1.165, 1.54) is 19.3 Å². The van der Waals surface area contributed by atoms with E-state index < -0.39 is 0 Å². The quantitative estimate of drug-likeness (QED) is 0.531. The second-order valence-corrected chi connectivity index (χ2v) is 10.6. The van der Waals surface area contributed by atoms with Gasteiger partial charge in [0.05, 0.1) is 17.1 Å². The summed E-state index contributed by atoms with van der Waals surface area (Å²) in [4.78, 5) is 18.8. The first kappa shape index (κ1) is 23.6. The highest BCUT2D eigenvalue weighted by Crippen LogP contribution is 2.35. The lowest BCUT2D eigenvalue weighted by Crippen LogP contribution is -2.42. The van der Waals surface area contributed by atoms with Crippen molar-refractivity contribution in [1.82, 2.24) is 30.1 Å². The number of pyridine rings is 1. The van der Waals surface area contributed by atoms with E-state index in [9.17, 15) is 4.79 Å². The third-order valence-electron chi connectivity index (χ3n) is 6.95. The summed E-state index contributed by atoms with van der Waals surface area (Å²) < 4.78 is 1.97. The lowest BCUT2D eigenvalue weighted by atomic mass is 9.91. The molecule has 0 radical (unpaired) electrons. The van der Waals surface area contributed by atoms with Crippen molar-refractivity contribution in [2.45, 2.75) is 104 Å². The highest BCUT2D eigenvalue weighted by molar-refractivity contribution is 5.81. The second-order valence-electron chi connectivity index (χ2n) is 10.6. The molecule has 4 rings (SSSR count). The molecule has 1 fully saturated rings. The molecule has 0 saturated heterocycles. The van der Waals surface area contributed by atoms with Crippen molar-refractivity contribution in [1.29, 1.82) is 0 Å². The first-order valence-corrected chi connectivity index (χ1v) is 12.5. The van der Waals surface area contributed by atoms with Crippen molar-refractivity contribution in [2.75, 3.05) is 0 Å². The van der Waals surface area contributed by atoms with E-state index in [1.54, 1.807) is 0 Å². The monoisotopic (exact) mass is 450 g/mol. The van der Waals surface area contributed by atoms with Gasteiger partial charge in [-0.15, -0.1) is 5.10 Å². The number of aryl methyl sites for hydroxylation is 1. The normalized spacial score (nSPS) is 16.5. The van der Waals surface area contributed by atoms with Crippen LogP contribution in [0.5, 0.6) is 0 Å². The molecule has 2 aromatic heterocycles. The standard InChI is InChI=1S/C26H38N6O/c1-6-11-22(24-28-29-30-32(24)26(3,4)5)31(21-14-8-7-9-15-21)17-20-16-19-13-10-12-18(2)23(19)27-25(20)33/h10,12-13,16,21-22H,6-9,11,14-15,17H2,1-5H3,(H,27,33)/t22-/m0/s1. The Balaban J connectivity index is 1.78. The fourth-order valence-corrected chi connectivity index (χ4v) is 5.25. The summed E-state index contributed by atoms with van der Waals surface area (Å²) in [5, 5.41) is 14.0. The van der Waals surface area contributed by atoms with Crippen molar-refractivity contribution < 1.29 is 0 Å². The maximum Gasteiger partial charge on any atom is 0.252 e. The molecule has 0 unspecified atom stereocenters. The number of hydrogen-bond donors (Lipinski definition) is 1. The molecule has 0 amide bonds. The van der Waals surface area contributed by atoms with Gasteiger partial charge < -0.3 is 4.98 Å². The van der Waals surface area contributed by atoms with Gasteiger partial charge >= 0.3 is 0 Å². The molecule has 1 aliphatic rings. The minimum atomic E-state index is -0.207. The van der Waals surface area contributed by atoms with E-state index in [4.69, 9.17) is 0 Å². The summed E-state index contributed by atoms with van der Waals surface area (Å²) in [5.74, 6) is 0.906. The zero-order chi connectivity index (χ0) is 23.6. The summed E-state index contributed by atoms with van der Waals surface area (Å²) in [7, 11) is 0. The van der Waals surface area contributed by atoms with Crippen LogP contribution in [0.3, 0.4) is 0 Å². The molecule has 1 aliphatic carbocycles. The average Bonchev–Trinajstić information content (AvgIpc) is 3.28. The van der Waals surface area contributed by atoms with Crippen LogP contribution >= 0.6 is 0 Å². The van der Waals surface area contributed by atoms with E-state index in [2.05, 4.69) is 71.3 Å². The van der Waals surface area contributed by atoms with Gasteiger partial charge in [0, 0.05) is 18.2 Å². The van der Waals surface area contributed by atoms with Crippen LogP contribution in [0.4, 0.5) is 0 Å². The van der Waals surface area contributed by atoms with Crippen LogP contribution in [-0.2, 0) is 12.1 Å². The molecular formula is C26H38N6O. The number of aromatic amines is 1. The number of benzene rings is 1. The Morgan fingerprint density at radius 1 is 1.21 bits per heavy atom. The Labute approximate surface area is 196 Å². The highest BCUT2D eigenvalue weighted by Gasteiger charge is 2.34. The highest BCUT2D eigenvalue weighted by atomic mass is 16.1. The number of aromatic nitrogens is 5. The number of nitrogens with one attached hydrogen (secondary N) is 1. The predicted molar refractivity (Wildman–Crippen MR) is 132 cm³/mol. The van der Waals surface area contributed by atoms with Gasteiger partial charge in [-0.25, -0.2) is 4.68 Å². The van der Waals surface area contributed by atoms with Crippen LogP contribution in [0.1, 0.15) is 95.6 Å². The van der Waals surface area contributed by atoms with Gasteiger partial charge in [-0.3, -0.25) is 9.69 Å².